The lowest BCUT2D eigenvalue weighted by Gasteiger charge is -2.35. The second-order valence-corrected chi connectivity index (χ2v) is 7.49. The number of nitrogens with one attached hydrogen (secondary N) is 1. The quantitative estimate of drug-likeness (QED) is 0.834. The predicted octanol–water partition coefficient (Wildman–Crippen LogP) is 3.60. The molecule has 0 radical (unpaired) electrons. The van der Waals surface area contributed by atoms with Crippen LogP contribution in [-0.4, -0.2) is 54.3 Å². The molecular formula is C23H29N3O2. The number of hydrogen-bond donors (Lipinski definition) is 1. The van der Waals surface area contributed by atoms with Crippen LogP contribution in [0.1, 0.15) is 42.1 Å². The van der Waals surface area contributed by atoms with Crippen molar-refractivity contribution < 1.29 is 9.59 Å². The molecule has 0 spiro atoms. The van der Waals surface area contributed by atoms with E-state index in [1.807, 2.05) is 64.4 Å². The zero-order chi connectivity index (χ0) is 19.9. The van der Waals surface area contributed by atoms with Crippen molar-refractivity contribution in [2.24, 2.45) is 0 Å². The number of amides is 2. The molecule has 28 heavy (non-hydrogen) atoms. The Balaban J connectivity index is 1.44. The van der Waals surface area contributed by atoms with Gasteiger partial charge in [-0.05, 0) is 35.7 Å². The fourth-order valence-electron chi connectivity index (χ4n) is 3.38. The van der Waals surface area contributed by atoms with Gasteiger partial charge in [-0.2, -0.15) is 0 Å². The third-order valence-electron chi connectivity index (χ3n) is 5.19. The summed E-state index contributed by atoms with van der Waals surface area (Å²) in [6, 6.07) is 17.7. The van der Waals surface area contributed by atoms with Gasteiger partial charge >= 0.3 is 0 Å². The van der Waals surface area contributed by atoms with Crippen molar-refractivity contribution in [2.75, 3.05) is 38.0 Å². The minimum Gasteiger partial charge on any atom is -0.385 e. The molecule has 2 aromatic rings. The molecule has 5 nitrogen and oxygen atoms in total. The predicted molar refractivity (Wildman–Crippen MR) is 113 cm³/mol. The van der Waals surface area contributed by atoms with Crippen LogP contribution in [0.25, 0.3) is 0 Å². The molecule has 1 aliphatic heterocycles. The fourth-order valence-corrected chi connectivity index (χ4v) is 3.38. The summed E-state index contributed by atoms with van der Waals surface area (Å²) in [6.07, 6.45) is 0.458. The van der Waals surface area contributed by atoms with Gasteiger partial charge in [0.05, 0.1) is 0 Å². The van der Waals surface area contributed by atoms with E-state index in [1.165, 1.54) is 5.56 Å². The highest BCUT2D eigenvalue weighted by molar-refractivity contribution is 5.94. The fraction of sp³-hybridized carbons (Fsp3) is 0.391. The van der Waals surface area contributed by atoms with Crippen LogP contribution in [0.3, 0.4) is 0 Å². The number of anilines is 1. The smallest absolute Gasteiger partial charge is 0.253 e. The number of carbonyl (C=O) groups excluding carboxylic acids is 2. The molecule has 0 aromatic heterocycles. The maximum Gasteiger partial charge on any atom is 0.253 e. The van der Waals surface area contributed by atoms with Crippen molar-refractivity contribution in [3.63, 3.8) is 0 Å². The molecule has 5 heteroatoms. The van der Waals surface area contributed by atoms with Crippen molar-refractivity contribution in [1.82, 2.24) is 9.80 Å². The van der Waals surface area contributed by atoms with Crippen LogP contribution in [-0.2, 0) is 4.79 Å². The molecular weight excluding hydrogens is 350 g/mol. The van der Waals surface area contributed by atoms with Crippen LogP contribution >= 0.6 is 0 Å². The molecule has 2 amide bonds. The zero-order valence-corrected chi connectivity index (χ0v) is 16.7. The molecule has 1 heterocycles. The van der Waals surface area contributed by atoms with Crippen molar-refractivity contribution in [2.45, 2.75) is 26.2 Å². The molecule has 3 rings (SSSR count). The lowest BCUT2D eigenvalue weighted by molar-refractivity contribution is -0.132. The van der Waals surface area contributed by atoms with Crippen molar-refractivity contribution >= 4 is 17.5 Å². The Bertz CT molecular complexity index is 779. The van der Waals surface area contributed by atoms with E-state index >= 15 is 0 Å². The molecule has 1 aliphatic rings. The van der Waals surface area contributed by atoms with Gasteiger partial charge in [-0.3, -0.25) is 9.59 Å². The molecule has 0 saturated carbocycles. The minimum atomic E-state index is 0.0492. The number of benzene rings is 2. The van der Waals surface area contributed by atoms with E-state index in [2.05, 4.69) is 19.2 Å². The highest BCUT2D eigenvalue weighted by Crippen LogP contribution is 2.16. The minimum absolute atomic E-state index is 0.0492. The van der Waals surface area contributed by atoms with Crippen molar-refractivity contribution in [3.05, 3.63) is 65.7 Å². The van der Waals surface area contributed by atoms with E-state index < -0.39 is 0 Å². The van der Waals surface area contributed by atoms with Gasteiger partial charge in [0.25, 0.3) is 5.91 Å². The van der Waals surface area contributed by atoms with Crippen molar-refractivity contribution in [1.29, 1.82) is 0 Å². The molecule has 148 valence electrons. The average molecular weight is 380 g/mol. The molecule has 0 unspecified atom stereocenters. The van der Waals surface area contributed by atoms with Crippen LogP contribution in [0.5, 0.6) is 0 Å². The van der Waals surface area contributed by atoms with Gasteiger partial charge in [0.15, 0.2) is 0 Å². The average Bonchev–Trinajstić information content (AvgIpc) is 2.74. The molecule has 0 bridgehead atoms. The maximum absolute atomic E-state index is 12.7. The summed E-state index contributed by atoms with van der Waals surface area (Å²) in [5, 5.41) is 3.26. The van der Waals surface area contributed by atoms with Gasteiger partial charge in [-0.15, -0.1) is 0 Å². The summed E-state index contributed by atoms with van der Waals surface area (Å²) in [6.45, 7) is 7.26. The third-order valence-corrected chi connectivity index (χ3v) is 5.19. The second kappa shape index (κ2) is 9.40. The Morgan fingerprint density at radius 3 is 2.11 bits per heavy atom. The summed E-state index contributed by atoms with van der Waals surface area (Å²) >= 11 is 0. The van der Waals surface area contributed by atoms with E-state index in [0.29, 0.717) is 45.1 Å². The number of rotatable bonds is 6. The summed E-state index contributed by atoms with van der Waals surface area (Å²) in [5.41, 5.74) is 2.97. The zero-order valence-electron chi connectivity index (χ0n) is 16.7. The number of para-hydroxylation sites is 1. The Hall–Kier alpha value is -2.82. The van der Waals surface area contributed by atoms with E-state index in [4.69, 9.17) is 0 Å². The van der Waals surface area contributed by atoms with E-state index in [0.717, 1.165) is 11.3 Å². The second-order valence-electron chi connectivity index (χ2n) is 7.49. The standard InChI is InChI=1S/C23H29N3O2/c1-18(2)19-8-10-20(11-9-19)23(28)26-16-14-25(15-17-26)22(27)12-13-24-21-6-4-3-5-7-21/h3-11,18,24H,12-17H2,1-2H3. The van der Waals surface area contributed by atoms with Crippen LogP contribution in [0.15, 0.2) is 54.6 Å². The molecule has 2 aromatic carbocycles. The van der Waals surface area contributed by atoms with Crippen LogP contribution in [0.4, 0.5) is 5.69 Å². The van der Waals surface area contributed by atoms with Gasteiger partial charge in [-0.25, -0.2) is 0 Å². The summed E-state index contributed by atoms with van der Waals surface area (Å²) in [5.74, 6) is 0.639. The van der Waals surface area contributed by atoms with Gasteiger partial charge in [-0.1, -0.05) is 44.2 Å². The Kier molecular flexibility index (Phi) is 6.69. The van der Waals surface area contributed by atoms with Gasteiger partial charge in [0.1, 0.15) is 0 Å². The lowest BCUT2D eigenvalue weighted by atomic mass is 10.0. The first-order valence-corrected chi connectivity index (χ1v) is 10.0. The normalized spacial score (nSPS) is 14.2. The molecule has 1 saturated heterocycles. The Morgan fingerprint density at radius 1 is 0.893 bits per heavy atom. The summed E-state index contributed by atoms with van der Waals surface area (Å²) in [4.78, 5) is 28.8. The van der Waals surface area contributed by atoms with Crippen LogP contribution in [0, 0.1) is 0 Å². The van der Waals surface area contributed by atoms with Gasteiger partial charge in [0.2, 0.25) is 5.91 Å². The Morgan fingerprint density at radius 2 is 1.50 bits per heavy atom. The SMILES string of the molecule is CC(C)c1ccc(C(=O)N2CCN(C(=O)CCNc3ccccc3)CC2)cc1. The van der Waals surface area contributed by atoms with Gasteiger partial charge < -0.3 is 15.1 Å². The van der Waals surface area contributed by atoms with E-state index in [9.17, 15) is 9.59 Å². The number of carbonyl (C=O) groups is 2. The first-order chi connectivity index (χ1) is 13.5. The van der Waals surface area contributed by atoms with E-state index in [1.54, 1.807) is 0 Å². The lowest BCUT2D eigenvalue weighted by Crippen LogP contribution is -2.50. The summed E-state index contributed by atoms with van der Waals surface area (Å²) in [7, 11) is 0. The topological polar surface area (TPSA) is 52.7 Å². The monoisotopic (exact) mass is 379 g/mol. The van der Waals surface area contributed by atoms with Crippen LogP contribution < -0.4 is 5.32 Å². The first-order valence-electron chi connectivity index (χ1n) is 10.0. The number of hydrogen-bond acceptors (Lipinski definition) is 3. The van der Waals surface area contributed by atoms with Gasteiger partial charge in [0, 0.05) is 50.4 Å². The largest absolute Gasteiger partial charge is 0.385 e. The highest BCUT2D eigenvalue weighted by atomic mass is 16.2. The summed E-state index contributed by atoms with van der Waals surface area (Å²) < 4.78 is 0. The third kappa shape index (κ3) is 5.12. The molecule has 1 fully saturated rings. The molecule has 0 atom stereocenters. The van der Waals surface area contributed by atoms with E-state index in [-0.39, 0.29) is 11.8 Å². The maximum atomic E-state index is 12.7. The number of nitrogens with zero attached hydrogens (tertiary/aromatic N) is 2. The van der Waals surface area contributed by atoms with Crippen LogP contribution in [0.2, 0.25) is 0 Å². The molecule has 0 aliphatic carbocycles. The van der Waals surface area contributed by atoms with Crippen molar-refractivity contribution in [3.8, 4) is 0 Å². The Labute approximate surface area is 167 Å². The molecule has 1 N–H and O–H groups in total. The first kappa shape index (κ1) is 19.9. The highest BCUT2D eigenvalue weighted by Gasteiger charge is 2.24. The number of piperazine rings is 1.